The molecule has 0 aliphatic heterocycles. The summed E-state index contributed by atoms with van der Waals surface area (Å²) in [5.41, 5.74) is 4.14. The fourth-order valence-electron chi connectivity index (χ4n) is 2.16. The molecule has 2 aromatic carbocycles. The second-order valence-corrected chi connectivity index (χ2v) is 5.11. The topological polar surface area (TPSA) is 12.0 Å². The first kappa shape index (κ1) is 13.8. The van der Waals surface area contributed by atoms with Gasteiger partial charge in [0, 0.05) is 6.54 Å². The van der Waals surface area contributed by atoms with Crippen LogP contribution in [0.25, 0.3) is 0 Å². The molecule has 0 saturated heterocycles. The van der Waals surface area contributed by atoms with E-state index in [-0.39, 0.29) is 0 Å². The van der Waals surface area contributed by atoms with Crippen LogP contribution in [0.4, 0.5) is 0 Å². The predicted octanol–water partition coefficient (Wildman–Crippen LogP) is 4.11. The lowest BCUT2D eigenvalue weighted by Gasteiger charge is -2.05. The first-order chi connectivity index (χ1) is 9.34. The van der Waals surface area contributed by atoms with Gasteiger partial charge in [-0.2, -0.15) is 0 Å². The third-order valence-electron chi connectivity index (χ3n) is 3.36. The molecule has 2 rings (SSSR count). The molecule has 1 heteroatoms. The van der Waals surface area contributed by atoms with Crippen molar-refractivity contribution in [3.8, 4) is 0 Å². The van der Waals surface area contributed by atoms with Gasteiger partial charge in [0.25, 0.3) is 0 Å². The lowest BCUT2D eigenvalue weighted by Crippen LogP contribution is -2.14. The Bertz CT molecular complexity index is 459. The highest BCUT2D eigenvalue weighted by molar-refractivity contribution is 5.21. The maximum atomic E-state index is 3.51. The Kier molecular flexibility index (Phi) is 5.64. The van der Waals surface area contributed by atoms with Crippen LogP contribution in [-0.4, -0.2) is 6.54 Å². The molecule has 2 aromatic rings. The number of aryl methyl sites for hydroxylation is 2. The second kappa shape index (κ2) is 7.75. The molecule has 0 bridgehead atoms. The van der Waals surface area contributed by atoms with Crippen molar-refractivity contribution in [1.29, 1.82) is 0 Å². The largest absolute Gasteiger partial charge is 0.313 e. The first-order valence-corrected chi connectivity index (χ1v) is 7.15. The van der Waals surface area contributed by atoms with Crippen LogP contribution in [0.3, 0.4) is 0 Å². The van der Waals surface area contributed by atoms with Gasteiger partial charge in [-0.05, 0) is 43.9 Å². The van der Waals surface area contributed by atoms with E-state index in [1.807, 2.05) is 0 Å². The third kappa shape index (κ3) is 5.27. The van der Waals surface area contributed by atoms with E-state index in [1.54, 1.807) is 0 Å². The van der Waals surface area contributed by atoms with Gasteiger partial charge in [0.2, 0.25) is 0 Å². The summed E-state index contributed by atoms with van der Waals surface area (Å²) < 4.78 is 0. The molecule has 0 saturated carbocycles. The number of hydrogen-bond donors (Lipinski definition) is 1. The minimum atomic E-state index is 0.978. The smallest absolute Gasteiger partial charge is 0.0205 e. The second-order valence-electron chi connectivity index (χ2n) is 5.11. The monoisotopic (exact) mass is 253 g/mol. The fourth-order valence-corrected chi connectivity index (χ4v) is 2.16. The molecule has 0 aromatic heterocycles. The fraction of sp³-hybridized carbons (Fsp3) is 0.333. The molecule has 0 spiro atoms. The van der Waals surface area contributed by atoms with E-state index in [9.17, 15) is 0 Å². The number of rotatable bonds is 7. The molecule has 1 nitrogen and oxygen atoms in total. The molecule has 0 amide bonds. The highest BCUT2D eigenvalue weighted by Crippen LogP contribution is 2.05. The molecule has 100 valence electrons. The Hall–Kier alpha value is -1.60. The van der Waals surface area contributed by atoms with Gasteiger partial charge >= 0.3 is 0 Å². The van der Waals surface area contributed by atoms with Gasteiger partial charge in [-0.25, -0.2) is 0 Å². The van der Waals surface area contributed by atoms with Crippen LogP contribution in [0.15, 0.2) is 54.6 Å². The van der Waals surface area contributed by atoms with Gasteiger partial charge < -0.3 is 5.32 Å². The van der Waals surface area contributed by atoms with Gasteiger partial charge in [-0.1, -0.05) is 60.2 Å². The molecule has 0 unspecified atom stereocenters. The van der Waals surface area contributed by atoms with Crippen LogP contribution in [-0.2, 0) is 13.0 Å². The summed E-state index contributed by atoms with van der Waals surface area (Å²) >= 11 is 0. The average Bonchev–Trinajstić information content (AvgIpc) is 2.46. The Labute approximate surface area is 116 Å². The summed E-state index contributed by atoms with van der Waals surface area (Å²) in [4.78, 5) is 0. The molecule has 19 heavy (non-hydrogen) atoms. The van der Waals surface area contributed by atoms with Crippen molar-refractivity contribution in [2.24, 2.45) is 0 Å². The zero-order valence-electron chi connectivity index (χ0n) is 11.7. The molecular weight excluding hydrogens is 230 g/mol. The third-order valence-corrected chi connectivity index (χ3v) is 3.36. The Morgan fingerprint density at radius 3 is 2.26 bits per heavy atom. The Morgan fingerprint density at radius 2 is 1.53 bits per heavy atom. The van der Waals surface area contributed by atoms with E-state index < -0.39 is 0 Å². The number of hydrogen-bond acceptors (Lipinski definition) is 1. The summed E-state index contributed by atoms with van der Waals surface area (Å²) in [6, 6.07) is 19.5. The standard InChI is InChI=1S/C18H23N/c1-16-10-12-18(13-11-16)15-19-14-6-5-9-17-7-3-2-4-8-17/h2-4,7-8,10-13,19H,5-6,9,14-15H2,1H3. The minimum absolute atomic E-state index is 0.978. The number of nitrogens with one attached hydrogen (secondary N) is 1. The van der Waals surface area contributed by atoms with E-state index in [0.717, 1.165) is 13.1 Å². The van der Waals surface area contributed by atoms with Crippen molar-refractivity contribution in [2.45, 2.75) is 32.7 Å². The molecule has 1 N–H and O–H groups in total. The Balaban J connectivity index is 1.56. The van der Waals surface area contributed by atoms with Gasteiger partial charge in [-0.3, -0.25) is 0 Å². The number of unbranched alkanes of at least 4 members (excludes halogenated alkanes) is 1. The zero-order valence-corrected chi connectivity index (χ0v) is 11.7. The lowest BCUT2D eigenvalue weighted by atomic mass is 10.1. The maximum absolute atomic E-state index is 3.51. The van der Waals surface area contributed by atoms with Crippen LogP contribution in [0.2, 0.25) is 0 Å². The van der Waals surface area contributed by atoms with Crippen LogP contribution in [0.1, 0.15) is 29.5 Å². The Morgan fingerprint density at radius 1 is 0.789 bits per heavy atom. The van der Waals surface area contributed by atoms with E-state index in [1.165, 1.54) is 36.0 Å². The summed E-state index contributed by atoms with van der Waals surface area (Å²) in [5, 5.41) is 3.51. The van der Waals surface area contributed by atoms with Crippen LogP contribution in [0.5, 0.6) is 0 Å². The predicted molar refractivity (Wildman–Crippen MR) is 82.3 cm³/mol. The SMILES string of the molecule is Cc1ccc(CNCCCCc2ccccc2)cc1. The summed E-state index contributed by atoms with van der Waals surface area (Å²) in [5.74, 6) is 0. The van der Waals surface area contributed by atoms with Crippen molar-refractivity contribution in [2.75, 3.05) is 6.54 Å². The lowest BCUT2D eigenvalue weighted by molar-refractivity contribution is 0.623. The number of benzene rings is 2. The minimum Gasteiger partial charge on any atom is -0.313 e. The molecule has 0 heterocycles. The molecule has 0 aliphatic rings. The van der Waals surface area contributed by atoms with Gasteiger partial charge in [0.1, 0.15) is 0 Å². The quantitative estimate of drug-likeness (QED) is 0.732. The van der Waals surface area contributed by atoms with Gasteiger partial charge in [0.05, 0.1) is 0 Å². The normalized spacial score (nSPS) is 10.6. The molecule has 0 aliphatic carbocycles. The van der Waals surface area contributed by atoms with E-state index in [4.69, 9.17) is 0 Å². The highest BCUT2D eigenvalue weighted by atomic mass is 14.8. The maximum Gasteiger partial charge on any atom is 0.0205 e. The van der Waals surface area contributed by atoms with Crippen molar-refractivity contribution >= 4 is 0 Å². The van der Waals surface area contributed by atoms with Gasteiger partial charge in [-0.15, -0.1) is 0 Å². The molecular formula is C18H23N. The van der Waals surface area contributed by atoms with E-state index >= 15 is 0 Å². The summed E-state index contributed by atoms with van der Waals surface area (Å²) in [6.45, 7) is 4.20. The van der Waals surface area contributed by atoms with Crippen molar-refractivity contribution < 1.29 is 0 Å². The first-order valence-electron chi connectivity index (χ1n) is 7.15. The summed E-state index contributed by atoms with van der Waals surface area (Å²) in [7, 11) is 0. The van der Waals surface area contributed by atoms with Crippen LogP contribution >= 0.6 is 0 Å². The molecule has 0 atom stereocenters. The van der Waals surface area contributed by atoms with Crippen LogP contribution in [0, 0.1) is 6.92 Å². The zero-order chi connectivity index (χ0) is 13.3. The van der Waals surface area contributed by atoms with Crippen LogP contribution < -0.4 is 5.32 Å². The summed E-state index contributed by atoms with van der Waals surface area (Å²) in [6.07, 6.45) is 3.68. The van der Waals surface area contributed by atoms with Crippen molar-refractivity contribution in [3.63, 3.8) is 0 Å². The van der Waals surface area contributed by atoms with Gasteiger partial charge in [0.15, 0.2) is 0 Å². The average molecular weight is 253 g/mol. The highest BCUT2D eigenvalue weighted by Gasteiger charge is 1.94. The van der Waals surface area contributed by atoms with E-state index in [0.29, 0.717) is 0 Å². The van der Waals surface area contributed by atoms with Crippen molar-refractivity contribution in [1.82, 2.24) is 5.32 Å². The molecule has 0 fully saturated rings. The van der Waals surface area contributed by atoms with Crippen molar-refractivity contribution in [3.05, 3.63) is 71.3 Å². The molecule has 0 radical (unpaired) electrons. The van der Waals surface area contributed by atoms with E-state index in [2.05, 4.69) is 66.8 Å².